The zero-order chi connectivity index (χ0) is 23.3. The van der Waals surface area contributed by atoms with Crippen LogP contribution < -0.4 is 15.4 Å². The number of esters is 1. The van der Waals surface area contributed by atoms with Crippen LogP contribution in [0.25, 0.3) is 0 Å². The number of carbonyl (C=O) groups excluding carboxylic acids is 2. The van der Waals surface area contributed by atoms with Crippen molar-refractivity contribution in [1.82, 2.24) is 0 Å². The number of hydrogen-bond donors (Lipinski definition) is 3. The van der Waals surface area contributed by atoms with E-state index >= 15 is 0 Å². The Hall–Kier alpha value is -3.81. The van der Waals surface area contributed by atoms with Crippen LogP contribution in [0.1, 0.15) is 46.8 Å². The maximum atomic E-state index is 12.7. The van der Waals surface area contributed by atoms with E-state index in [9.17, 15) is 14.4 Å². The number of carboxylic acid groups (broad SMARTS) is 1. The van der Waals surface area contributed by atoms with Gasteiger partial charge >= 0.3 is 18.0 Å². The van der Waals surface area contributed by atoms with Gasteiger partial charge in [-0.3, -0.25) is 4.79 Å². The second-order valence-electron chi connectivity index (χ2n) is 7.53. The Balaban J connectivity index is 2.00. The Labute approximate surface area is 186 Å². The maximum absolute atomic E-state index is 12.7. The first kappa shape index (κ1) is 22.9. The predicted molar refractivity (Wildman–Crippen MR) is 120 cm³/mol. The Morgan fingerprint density at radius 2 is 1.91 bits per heavy atom. The molecule has 0 saturated carbocycles. The Kier molecular flexibility index (Phi) is 7.14. The number of carboxylic acids is 1. The van der Waals surface area contributed by atoms with Gasteiger partial charge in [0.15, 0.2) is 0 Å². The molecule has 1 aliphatic rings. The molecule has 0 aromatic heterocycles. The average molecular weight is 438 g/mol. The molecule has 8 heteroatoms. The summed E-state index contributed by atoms with van der Waals surface area (Å²) in [5.74, 6) is -0.820. The van der Waals surface area contributed by atoms with Crippen LogP contribution in [-0.2, 0) is 22.6 Å². The number of benzene rings is 2. The summed E-state index contributed by atoms with van der Waals surface area (Å²) in [6.45, 7) is 3.80. The first-order valence-corrected chi connectivity index (χ1v) is 10.2. The van der Waals surface area contributed by atoms with Crippen molar-refractivity contribution in [3.8, 4) is 5.75 Å². The topological polar surface area (TPSA) is 114 Å². The van der Waals surface area contributed by atoms with Crippen molar-refractivity contribution < 1.29 is 29.0 Å². The van der Waals surface area contributed by atoms with E-state index in [1.54, 1.807) is 24.3 Å². The first-order chi connectivity index (χ1) is 15.3. The SMILES string of the molecule is COc1c(C)c2c(c(NC(=O)Nc3ccccc3)c1CC=C(C)CCC(=O)O)C(=O)OC2. The van der Waals surface area contributed by atoms with E-state index in [4.69, 9.17) is 14.6 Å². The van der Waals surface area contributed by atoms with Crippen LogP contribution in [0, 0.1) is 6.92 Å². The lowest BCUT2D eigenvalue weighted by Gasteiger charge is -2.20. The summed E-state index contributed by atoms with van der Waals surface area (Å²) < 4.78 is 10.9. The highest BCUT2D eigenvalue weighted by atomic mass is 16.5. The highest BCUT2D eigenvalue weighted by Crippen LogP contribution is 2.41. The number of hydrogen-bond acceptors (Lipinski definition) is 5. The van der Waals surface area contributed by atoms with E-state index in [-0.39, 0.29) is 13.0 Å². The molecule has 168 valence electrons. The van der Waals surface area contributed by atoms with Gasteiger partial charge in [-0.25, -0.2) is 9.59 Å². The molecule has 32 heavy (non-hydrogen) atoms. The van der Waals surface area contributed by atoms with E-state index in [1.165, 1.54) is 7.11 Å². The first-order valence-electron chi connectivity index (χ1n) is 10.2. The number of amides is 2. The van der Waals surface area contributed by atoms with Crippen molar-refractivity contribution >= 4 is 29.3 Å². The molecule has 2 amide bonds. The average Bonchev–Trinajstić information content (AvgIpc) is 3.15. The van der Waals surface area contributed by atoms with Gasteiger partial charge in [0.1, 0.15) is 12.4 Å². The molecule has 0 fully saturated rings. The Bertz CT molecular complexity index is 1080. The van der Waals surface area contributed by atoms with E-state index in [2.05, 4.69) is 10.6 Å². The minimum absolute atomic E-state index is 0.0274. The van der Waals surface area contributed by atoms with Gasteiger partial charge in [0.05, 0.1) is 18.4 Å². The highest BCUT2D eigenvalue weighted by molar-refractivity contribution is 6.08. The molecule has 0 atom stereocenters. The quantitative estimate of drug-likeness (QED) is 0.408. The molecule has 8 nitrogen and oxygen atoms in total. The van der Waals surface area contributed by atoms with Crippen LogP contribution in [0.3, 0.4) is 0 Å². The van der Waals surface area contributed by atoms with Crippen molar-refractivity contribution in [1.29, 1.82) is 0 Å². The number of urea groups is 1. The summed E-state index contributed by atoms with van der Waals surface area (Å²) in [6.07, 6.45) is 2.66. The summed E-state index contributed by atoms with van der Waals surface area (Å²) >= 11 is 0. The van der Waals surface area contributed by atoms with Crippen LogP contribution in [0.15, 0.2) is 42.0 Å². The van der Waals surface area contributed by atoms with E-state index in [0.717, 1.165) is 11.1 Å². The number of carbonyl (C=O) groups is 3. The Morgan fingerprint density at radius 3 is 2.56 bits per heavy atom. The van der Waals surface area contributed by atoms with Gasteiger partial charge in [-0.15, -0.1) is 0 Å². The van der Waals surface area contributed by atoms with Gasteiger partial charge in [-0.2, -0.15) is 0 Å². The molecule has 1 aliphatic heterocycles. The summed E-state index contributed by atoms with van der Waals surface area (Å²) in [5, 5.41) is 14.5. The molecule has 0 saturated heterocycles. The lowest BCUT2D eigenvalue weighted by Crippen LogP contribution is -2.22. The second kappa shape index (κ2) is 10.00. The van der Waals surface area contributed by atoms with Crippen LogP contribution in [0.5, 0.6) is 5.75 Å². The molecule has 0 radical (unpaired) electrons. The number of cyclic esters (lactones) is 1. The van der Waals surface area contributed by atoms with Gasteiger partial charge in [-0.1, -0.05) is 29.8 Å². The molecule has 0 unspecified atom stereocenters. The molecule has 1 heterocycles. The van der Waals surface area contributed by atoms with Crippen LogP contribution >= 0.6 is 0 Å². The van der Waals surface area contributed by atoms with Gasteiger partial charge in [0, 0.05) is 23.2 Å². The molecule has 0 bridgehead atoms. The largest absolute Gasteiger partial charge is 0.496 e. The number of methoxy groups -OCH3 is 1. The summed E-state index contributed by atoms with van der Waals surface area (Å²) in [6, 6.07) is 8.45. The number of para-hydroxylation sites is 1. The lowest BCUT2D eigenvalue weighted by molar-refractivity contribution is -0.136. The van der Waals surface area contributed by atoms with E-state index in [0.29, 0.717) is 46.7 Å². The molecule has 2 aromatic carbocycles. The van der Waals surface area contributed by atoms with Crippen molar-refractivity contribution in [3.63, 3.8) is 0 Å². The van der Waals surface area contributed by atoms with Crippen LogP contribution in [-0.4, -0.2) is 30.2 Å². The minimum atomic E-state index is -0.869. The third-order valence-electron chi connectivity index (χ3n) is 5.33. The molecular weight excluding hydrogens is 412 g/mol. The third kappa shape index (κ3) is 5.08. The lowest BCUT2D eigenvalue weighted by atomic mass is 9.93. The number of anilines is 2. The fraction of sp³-hybridized carbons (Fsp3) is 0.292. The normalized spacial score (nSPS) is 12.7. The highest BCUT2D eigenvalue weighted by Gasteiger charge is 2.32. The van der Waals surface area contributed by atoms with Crippen LogP contribution in [0.4, 0.5) is 16.2 Å². The number of allylic oxidation sites excluding steroid dienone is 2. The van der Waals surface area contributed by atoms with Gasteiger partial charge < -0.3 is 25.2 Å². The smallest absolute Gasteiger partial charge is 0.341 e. The summed E-state index contributed by atoms with van der Waals surface area (Å²) in [7, 11) is 1.53. The minimum Gasteiger partial charge on any atom is -0.496 e. The maximum Gasteiger partial charge on any atom is 0.341 e. The summed E-state index contributed by atoms with van der Waals surface area (Å²) in [4.78, 5) is 36.1. The van der Waals surface area contributed by atoms with Gasteiger partial charge in [0.2, 0.25) is 0 Å². The fourth-order valence-electron chi connectivity index (χ4n) is 3.67. The second-order valence-corrected chi connectivity index (χ2v) is 7.53. The van der Waals surface area contributed by atoms with E-state index < -0.39 is 18.0 Å². The molecule has 0 spiro atoms. The third-order valence-corrected chi connectivity index (χ3v) is 5.33. The van der Waals surface area contributed by atoms with Gasteiger partial charge in [0.25, 0.3) is 0 Å². The number of fused-ring (bicyclic) bond motifs is 1. The predicted octanol–water partition coefficient (Wildman–Crippen LogP) is 4.67. The van der Waals surface area contributed by atoms with Crippen molar-refractivity contribution in [2.24, 2.45) is 0 Å². The molecule has 3 rings (SSSR count). The zero-order valence-electron chi connectivity index (χ0n) is 18.3. The number of rotatable bonds is 8. The Morgan fingerprint density at radius 1 is 1.19 bits per heavy atom. The summed E-state index contributed by atoms with van der Waals surface area (Å²) in [5.41, 5.74) is 4.22. The molecule has 2 aromatic rings. The fourth-order valence-corrected chi connectivity index (χ4v) is 3.67. The van der Waals surface area contributed by atoms with Crippen LogP contribution in [0.2, 0.25) is 0 Å². The van der Waals surface area contributed by atoms with Crippen molar-refractivity contribution in [2.75, 3.05) is 17.7 Å². The standard InChI is InChI=1S/C24H26N2O6/c1-14(10-12-19(27)28)9-11-17-21(26-24(30)25-16-7-5-4-6-8-16)20-18(13-32-23(20)29)15(2)22(17)31-3/h4-9H,10-13H2,1-3H3,(H,27,28)(H2,25,26,30). The molecule has 0 aliphatic carbocycles. The molecular formula is C24H26N2O6. The number of aliphatic carboxylic acids is 1. The zero-order valence-corrected chi connectivity index (χ0v) is 18.3. The number of nitrogens with one attached hydrogen (secondary N) is 2. The number of ether oxygens (including phenoxy) is 2. The van der Waals surface area contributed by atoms with E-state index in [1.807, 2.05) is 26.0 Å². The van der Waals surface area contributed by atoms with Crippen molar-refractivity contribution in [3.05, 3.63) is 64.2 Å². The molecule has 3 N–H and O–H groups in total. The monoisotopic (exact) mass is 438 g/mol. The van der Waals surface area contributed by atoms with Gasteiger partial charge in [-0.05, 0) is 44.4 Å². The van der Waals surface area contributed by atoms with Crippen molar-refractivity contribution in [2.45, 2.75) is 39.7 Å².